The van der Waals surface area contributed by atoms with E-state index in [4.69, 9.17) is 14.2 Å². The number of allylic oxidation sites excluding steroid dienone is 6. The second-order valence-corrected chi connectivity index (χ2v) is 17.8. The second-order valence-electron chi connectivity index (χ2n) is 17.8. The molecular formula is C55H100O6. The van der Waals surface area contributed by atoms with E-state index in [1.165, 1.54) is 154 Å². The highest BCUT2D eigenvalue weighted by atomic mass is 16.6. The third-order valence-electron chi connectivity index (χ3n) is 11.6. The summed E-state index contributed by atoms with van der Waals surface area (Å²) in [5, 5.41) is 0. The summed E-state index contributed by atoms with van der Waals surface area (Å²) in [5.41, 5.74) is 0. The van der Waals surface area contributed by atoms with Gasteiger partial charge in [0.2, 0.25) is 0 Å². The van der Waals surface area contributed by atoms with Crippen molar-refractivity contribution in [3.8, 4) is 0 Å². The van der Waals surface area contributed by atoms with Crippen molar-refractivity contribution in [3.05, 3.63) is 36.5 Å². The highest BCUT2D eigenvalue weighted by molar-refractivity contribution is 5.71. The molecule has 356 valence electrons. The molecule has 0 aliphatic heterocycles. The summed E-state index contributed by atoms with van der Waals surface area (Å²) < 4.78 is 16.7. The summed E-state index contributed by atoms with van der Waals surface area (Å²) in [5.74, 6) is -0.883. The van der Waals surface area contributed by atoms with Crippen molar-refractivity contribution < 1.29 is 28.6 Å². The van der Waals surface area contributed by atoms with E-state index in [-0.39, 0.29) is 31.1 Å². The van der Waals surface area contributed by atoms with Gasteiger partial charge in [0.05, 0.1) is 0 Å². The maximum absolute atomic E-state index is 12.7. The number of carbonyl (C=O) groups excluding carboxylic acids is 3. The first-order chi connectivity index (χ1) is 30.0. The molecule has 0 spiro atoms. The number of esters is 3. The Hall–Kier alpha value is -2.37. The molecule has 0 aliphatic carbocycles. The first-order valence-electron chi connectivity index (χ1n) is 26.5. The van der Waals surface area contributed by atoms with Gasteiger partial charge in [0.15, 0.2) is 6.10 Å². The molecule has 0 aromatic carbocycles. The third kappa shape index (κ3) is 48.5. The van der Waals surface area contributed by atoms with Crippen LogP contribution < -0.4 is 0 Å². The lowest BCUT2D eigenvalue weighted by molar-refractivity contribution is -0.167. The summed E-state index contributed by atoms with van der Waals surface area (Å²) in [7, 11) is 0. The van der Waals surface area contributed by atoms with E-state index in [9.17, 15) is 14.4 Å². The largest absolute Gasteiger partial charge is 0.462 e. The Morgan fingerprint density at radius 1 is 0.328 bits per heavy atom. The summed E-state index contributed by atoms with van der Waals surface area (Å²) in [6.07, 6.45) is 58.8. The van der Waals surface area contributed by atoms with Crippen LogP contribution in [0.1, 0.15) is 278 Å². The van der Waals surface area contributed by atoms with Crippen molar-refractivity contribution in [1.29, 1.82) is 0 Å². The maximum atomic E-state index is 12.7. The Labute approximate surface area is 378 Å². The predicted octanol–water partition coefficient (Wildman–Crippen LogP) is 17.3. The maximum Gasteiger partial charge on any atom is 0.306 e. The van der Waals surface area contributed by atoms with Crippen LogP contribution in [0.5, 0.6) is 0 Å². The average molecular weight is 857 g/mol. The molecular weight excluding hydrogens is 757 g/mol. The van der Waals surface area contributed by atoms with E-state index in [0.717, 1.165) is 83.5 Å². The van der Waals surface area contributed by atoms with E-state index in [1.807, 2.05) is 0 Å². The highest BCUT2D eigenvalue weighted by Gasteiger charge is 2.19. The highest BCUT2D eigenvalue weighted by Crippen LogP contribution is 2.16. The zero-order valence-electron chi connectivity index (χ0n) is 40.7. The summed E-state index contributed by atoms with van der Waals surface area (Å²) in [6.45, 7) is 6.56. The van der Waals surface area contributed by atoms with Crippen molar-refractivity contribution in [3.63, 3.8) is 0 Å². The molecule has 0 saturated carbocycles. The van der Waals surface area contributed by atoms with Crippen molar-refractivity contribution in [2.24, 2.45) is 0 Å². The van der Waals surface area contributed by atoms with Crippen molar-refractivity contribution in [2.45, 2.75) is 284 Å². The average Bonchev–Trinajstić information content (AvgIpc) is 3.26. The summed E-state index contributed by atoms with van der Waals surface area (Å²) >= 11 is 0. The quantitative estimate of drug-likeness (QED) is 0.0262. The van der Waals surface area contributed by atoms with Crippen molar-refractivity contribution in [2.75, 3.05) is 13.2 Å². The van der Waals surface area contributed by atoms with E-state index in [2.05, 4.69) is 57.2 Å². The fourth-order valence-electron chi connectivity index (χ4n) is 7.63. The molecule has 0 amide bonds. The van der Waals surface area contributed by atoms with Crippen LogP contribution in [-0.2, 0) is 28.6 Å². The number of rotatable bonds is 48. The van der Waals surface area contributed by atoms with Gasteiger partial charge in [-0.15, -0.1) is 0 Å². The van der Waals surface area contributed by atoms with Crippen LogP contribution in [0.2, 0.25) is 0 Å². The molecule has 0 bridgehead atoms. The molecule has 1 atom stereocenters. The molecule has 0 N–H and O–H groups in total. The molecule has 1 unspecified atom stereocenters. The Morgan fingerprint density at radius 2 is 0.590 bits per heavy atom. The van der Waals surface area contributed by atoms with E-state index in [0.29, 0.717) is 19.3 Å². The molecule has 6 nitrogen and oxygen atoms in total. The molecule has 0 heterocycles. The molecule has 0 aliphatic rings. The van der Waals surface area contributed by atoms with Gasteiger partial charge < -0.3 is 14.2 Å². The molecule has 0 aromatic heterocycles. The summed E-state index contributed by atoms with van der Waals surface area (Å²) in [4.78, 5) is 37.7. The normalized spacial score (nSPS) is 12.2. The van der Waals surface area contributed by atoms with Crippen LogP contribution in [-0.4, -0.2) is 37.2 Å². The van der Waals surface area contributed by atoms with Crippen molar-refractivity contribution >= 4 is 17.9 Å². The fourth-order valence-corrected chi connectivity index (χ4v) is 7.63. The molecule has 0 saturated heterocycles. The number of carbonyl (C=O) groups is 3. The number of hydrogen-bond donors (Lipinski definition) is 0. The minimum absolute atomic E-state index is 0.0727. The van der Waals surface area contributed by atoms with Gasteiger partial charge in [-0.1, -0.05) is 237 Å². The number of ether oxygens (including phenoxy) is 3. The Bertz CT molecular complexity index is 1030. The van der Waals surface area contributed by atoms with Crippen LogP contribution in [0.4, 0.5) is 0 Å². The van der Waals surface area contributed by atoms with Crippen LogP contribution in [0.25, 0.3) is 0 Å². The second kappa shape index (κ2) is 50.3. The van der Waals surface area contributed by atoms with Gasteiger partial charge in [-0.3, -0.25) is 14.4 Å². The minimum Gasteiger partial charge on any atom is -0.462 e. The third-order valence-corrected chi connectivity index (χ3v) is 11.6. The number of unbranched alkanes of at least 4 members (excludes halogenated alkanes) is 31. The molecule has 0 fully saturated rings. The van der Waals surface area contributed by atoms with Gasteiger partial charge in [0.1, 0.15) is 13.2 Å². The fraction of sp³-hybridized carbons (Fsp3) is 0.836. The van der Waals surface area contributed by atoms with E-state index in [1.54, 1.807) is 0 Å². The molecule has 0 aromatic rings. The minimum atomic E-state index is -0.767. The van der Waals surface area contributed by atoms with Crippen LogP contribution >= 0.6 is 0 Å². The topological polar surface area (TPSA) is 78.9 Å². The van der Waals surface area contributed by atoms with Gasteiger partial charge in [0, 0.05) is 19.3 Å². The molecule has 0 radical (unpaired) electrons. The molecule has 6 heteroatoms. The molecule has 0 rings (SSSR count). The summed E-state index contributed by atoms with van der Waals surface area (Å²) in [6, 6.07) is 0. The lowest BCUT2D eigenvalue weighted by atomic mass is 10.0. The predicted molar refractivity (Wildman–Crippen MR) is 261 cm³/mol. The zero-order valence-corrected chi connectivity index (χ0v) is 40.7. The standard InChI is InChI=1S/C55H100O6/c1-4-7-10-13-15-17-19-21-23-24-25-26-27-28-29-30-32-33-35-37-39-42-45-48-54(57)60-51-52(50-59-53(56)47-44-41-12-9-6-3)61-55(58)49-46-43-40-38-36-34-31-22-20-18-16-14-11-8-5-2/h19,21,24-25,27-28,52H,4-18,20,22-23,26,29-51H2,1-3H3/b21-19-,25-24-,28-27-. The molecule has 61 heavy (non-hydrogen) atoms. The lowest BCUT2D eigenvalue weighted by Crippen LogP contribution is -2.30. The van der Waals surface area contributed by atoms with Gasteiger partial charge >= 0.3 is 17.9 Å². The monoisotopic (exact) mass is 857 g/mol. The number of hydrogen-bond acceptors (Lipinski definition) is 6. The van der Waals surface area contributed by atoms with Gasteiger partial charge in [-0.25, -0.2) is 0 Å². The Kier molecular flexibility index (Phi) is 48.3. The van der Waals surface area contributed by atoms with E-state index >= 15 is 0 Å². The van der Waals surface area contributed by atoms with Gasteiger partial charge in [-0.05, 0) is 57.8 Å². The van der Waals surface area contributed by atoms with Crippen LogP contribution in [0.3, 0.4) is 0 Å². The lowest BCUT2D eigenvalue weighted by Gasteiger charge is -2.18. The van der Waals surface area contributed by atoms with Gasteiger partial charge in [-0.2, -0.15) is 0 Å². The first kappa shape index (κ1) is 58.6. The van der Waals surface area contributed by atoms with Crippen LogP contribution in [0, 0.1) is 0 Å². The Morgan fingerprint density at radius 3 is 0.918 bits per heavy atom. The zero-order chi connectivity index (χ0) is 44.4. The smallest absolute Gasteiger partial charge is 0.306 e. The van der Waals surface area contributed by atoms with E-state index < -0.39 is 6.10 Å². The Balaban J connectivity index is 4.11. The first-order valence-corrected chi connectivity index (χ1v) is 26.5. The van der Waals surface area contributed by atoms with Crippen LogP contribution in [0.15, 0.2) is 36.5 Å². The van der Waals surface area contributed by atoms with Crippen molar-refractivity contribution in [1.82, 2.24) is 0 Å². The SMILES string of the molecule is CCCCCCC/C=C\C/C=C\C/C=C\CCCCCCCCCCC(=O)OCC(COC(=O)CCCCCCC)OC(=O)CCCCCCCCCCCCCCCCC. The van der Waals surface area contributed by atoms with Gasteiger partial charge in [0.25, 0.3) is 0 Å².